The fraction of sp³-hybridized carbons (Fsp3) is 0.158. The molecule has 1 heteroatoms. The van der Waals surface area contributed by atoms with Gasteiger partial charge in [0.25, 0.3) is 0 Å². The molecule has 0 saturated heterocycles. The normalized spacial score (nSPS) is 11.5. The van der Waals surface area contributed by atoms with Gasteiger partial charge in [0.15, 0.2) is 0 Å². The van der Waals surface area contributed by atoms with Gasteiger partial charge in [-0.25, -0.2) is 0 Å². The summed E-state index contributed by atoms with van der Waals surface area (Å²) in [7, 11) is 0. The van der Waals surface area contributed by atoms with Crippen molar-refractivity contribution in [3.8, 4) is 33.4 Å². The Labute approximate surface area is 344 Å². The molecule has 1 nitrogen and oxygen atoms in total. The van der Waals surface area contributed by atoms with Crippen molar-refractivity contribution in [2.45, 2.75) is 62.3 Å². The molecule has 0 radical (unpaired) electrons. The number of nitrogens with zero attached hydrogens (tertiary/aromatic N) is 1. The molecule has 9 aromatic rings. The van der Waals surface area contributed by atoms with Crippen molar-refractivity contribution in [1.29, 1.82) is 0 Å². The predicted octanol–water partition coefficient (Wildman–Crippen LogP) is 16.4. The van der Waals surface area contributed by atoms with E-state index < -0.39 is 0 Å². The van der Waals surface area contributed by atoms with E-state index in [0.717, 1.165) is 0 Å². The lowest BCUT2D eigenvalue weighted by Gasteiger charge is -2.34. The highest BCUT2D eigenvalue weighted by Gasteiger charge is 2.27. The molecule has 58 heavy (non-hydrogen) atoms. The average molecular weight is 750 g/mol. The van der Waals surface area contributed by atoms with E-state index in [1.807, 2.05) is 0 Å². The summed E-state index contributed by atoms with van der Waals surface area (Å²) in [4.78, 5) is 2.59. The van der Waals surface area contributed by atoms with Crippen LogP contribution in [-0.4, -0.2) is 0 Å². The third kappa shape index (κ3) is 5.92. The summed E-state index contributed by atoms with van der Waals surface area (Å²) in [5.41, 5.74) is 23.1. The smallest absolute Gasteiger partial charge is 0.0496 e. The zero-order valence-corrected chi connectivity index (χ0v) is 35.3. The van der Waals surface area contributed by atoms with Crippen molar-refractivity contribution in [2.24, 2.45) is 0 Å². The maximum atomic E-state index is 2.59. The molecule has 0 bridgehead atoms. The van der Waals surface area contributed by atoms with Crippen LogP contribution >= 0.6 is 0 Å². The Hall–Kier alpha value is -6.44. The van der Waals surface area contributed by atoms with Gasteiger partial charge in [0.05, 0.1) is 0 Å². The average Bonchev–Trinajstić information content (AvgIpc) is 3.23. The molecule has 0 N–H and O–H groups in total. The van der Waals surface area contributed by atoms with Gasteiger partial charge >= 0.3 is 0 Å². The molecule has 0 atom stereocenters. The largest absolute Gasteiger partial charge is 0.310 e. The van der Waals surface area contributed by atoms with Gasteiger partial charge in [-0.1, -0.05) is 127 Å². The van der Waals surface area contributed by atoms with Crippen LogP contribution in [0.5, 0.6) is 0 Å². The Balaban J connectivity index is 1.31. The standard InChI is InChI=1S/C57H51N/c1-34-31-52(37(4)40(7)55(34)49-28-16-22-43-19-10-13-25-46(43)49)58(53-32-35(2)56(41(8)38(53)5)50-29-17-23-44-20-11-14-26-47(44)50)54-33-36(3)57(42(9)39(54)6)51-30-18-24-45-21-12-15-27-48(45)51/h10-33H,1-9H3. The second kappa shape index (κ2) is 14.5. The van der Waals surface area contributed by atoms with E-state index in [4.69, 9.17) is 0 Å². The van der Waals surface area contributed by atoms with Gasteiger partial charge < -0.3 is 4.90 Å². The van der Waals surface area contributed by atoms with Crippen LogP contribution in [0.3, 0.4) is 0 Å². The van der Waals surface area contributed by atoms with Crippen LogP contribution in [0.25, 0.3) is 65.7 Å². The highest BCUT2D eigenvalue weighted by molar-refractivity contribution is 6.02. The molecule has 0 amide bonds. The van der Waals surface area contributed by atoms with Gasteiger partial charge in [-0.3, -0.25) is 0 Å². The molecule has 0 aliphatic heterocycles. The van der Waals surface area contributed by atoms with E-state index in [1.54, 1.807) is 0 Å². The third-order valence-electron chi connectivity index (χ3n) is 13.1. The Kier molecular flexibility index (Phi) is 9.29. The molecule has 0 aromatic heterocycles. The Morgan fingerprint density at radius 3 is 0.828 bits per heavy atom. The molecular formula is C57H51N. The monoisotopic (exact) mass is 749 g/mol. The van der Waals surface area contributed by atoms with Crippen molar-refractivity contribution in [2.75, 3.05) is 4.90 Å². The molecule has 9 aromatic carbocycles. The Bertz CT molecular complexity index is 2760. The van der Waals surface area contributed by atoms with Crippen molar-refractivity contribution in [3.63, 3.8) is 0 Å². The molecule has 0 aliphatic rings. The van der Waals surface area contributed by atoms with Crippen LogP contribution < -0.4 is 4.90 Å². The molecule has 0 unspecified atom stereocenters. The quantitative estimate of drug-likeness (QED) is 0.164. The number of rotatable bonds is 6. The highest BCUT2D eigenvalue weighted by atomic mass is 15.1. The lowest BCUT2D eigenvalue weighted by atomic mass is 9.86. The Morgan fingerprint density at radius 1 is 0.276 bits per heavy atom. The van der Waals surface area contributed by atoms with E-state index in [0.29, 0.717) is 0 Å². The number of hydrogen-bond acceptors (Lipinski definition) is 1. The van der Waals surface area contributed by atoms with Gasteiger partial charge in [-0.15, -0.1) is 0 Å². The first-order valence-electron chi connectivity index (χ1n) is 20.6. The third-order valence-corrected chi connectivity index (χ3v) is 13.1. The summed E-state index contributed by atoms with van der Waals surface area (Å²) in [5.74, 6) is 0. The molecule has 0 saturated carbocycles. The van der Waals surface area contributed by atoms with Crippen molar-refractivity contribution in [1.82, 2.24) is 0 Å². The fourth-order valence-corrected chi connectivity index (χ4v) is 9.84. The fourth-order valence-electron chi connectivity index (χ4n) is 9.84. The topological polar surface area (TPSA) is 3.24 Å². The van der Waals surface area contributed by atoms with E-state index in [2.05, 4.69) is 213 Å². The number of hydrogen-bond donors (Lipinski definition) is 0. The van der Waals surface area contributed by atoms with Gasteiger partial charge in [-0.05, 0) is 196 Å². The van der Waals surface area contributed by atoms with Gasteiger partial charge in [0, 0.05) is 17.1 Å². The summed E-state index contributed by atoms with van der Waals surface area (Å²) < 4.78 is 0. The first-order chi connectivity index (χ1) is 28.0. The molecule has 284 valence electrons. The van der Waals surface area contributed by atoms with Crippen LogP contribution in [0.4, 0.5) is 17.1 Å². The molecule has 0 fully saturated rings. The number of benzene rings is 9. The summed E-state index contributed by atoms with van der Waals surface area (Å²) >= 11 is 0. The highest BCUT2D eigenvalue weighted by Crippen LogP contribution is 2.49. The van der Waals surface area contributed by atoms with Crippen LogP contribution in [0.15, 0.2) is 146 Å². The minimum absolute atomic E-state index is 1.22. The molecule has 0 spiro atoms. The van der Waals surface area contributed by atoms with Crippen molar-refractivity contribution >= 4 is 49.4 Å². The first kappa shape index (κ1) is 37.2. The van der Waals surface area contributed by atoms with Crippen LogP contribution in [-0.2, 0) is 0 Å². The zero-order chi connectivity index (χ0) is 40.4. The summed E-state index contributed by atoms with van der Waals surface area (Å²) in [6.45, 7) is 20.8. The van der Waals surface area contributed by atoms with Crippen LogP contribution in [0.2, 0.25) is 0 Å². The molecular weight excluding hydrogens is 699 g/mol. The van der Waals surface area contributed by atoms with Crippen molar-refractivity contribution in [3.05, 3.63) is 196 Å². The minimum Gasteiger partial charge on any atom is -0.310 e. The van der Waals surface area contributed by atoms with E-state index >= 15 is 0 Å². The second-order valence-electron chi connectivity index (χ2n) is 16.4. The minimum atomic E-state index is 1.22. The summed E-state index contributed by atoms with van der Waals surface area (Å²) in [6.07, 6.45) is 0. The number of aryl methyl sites for hydroxylation is 3. The number of fused-ring (bicyclic) bond motifs is 3. The van der Waals surface area contributed by atoms with Gasteiger partial charge in [0.1, 0.15) is 0 Å². The Morgan fingerprint density at radius 2 is 0.534 bits per heavy atom. The van der Waals surface area contributed by atoms with Crippen LogP contribution in [0, 0.1) is 62.3 Å². The van der Waals surface area contributed by atoms with Crippen LogP contribution in [0.1, 0.15) is 50.1 Å². The summed E-state index contributed by atoms with van der Waals surface area (Å²) in [5, 5.41) is 7.67. The SMILES string of the molecule is Cc1cc(N(c2cc(C)c(-c3cccc4ccccc34)c(C)c2C)c2cc(C)c(-c3cccc4ccccc34)c(C)c2C)c(C)c(C)c1-c1cccc2ccccc12. The molecule has 9 rings (SSSR count). The molecule has 0 heterocycles. The van der Waals surface area contributed by atoms with E-state index in [-0.39, 0.29) is 0 Å². The maximum absolute atomic E-state index is 2.59. The summed E-state index contributed by atoms with van der Waals surface area (Å²) in [6, 6.07) is 53.8. The number of anilines is 3. The van der Waals surface area contributed by atoms with Crippen molar-refractivity contribution < 1.29 is 0 Å². The first-order valence-corrected chi connectivity index (χ1v) is 20.6. The van der Waals surface area contributed by atoms with E-state index in [9.17, 15) is 0 Å². The predicted molar refractivity (Wildman–Crippen MR) is 253 cm³/mol. The maximum Gasteiger partial charge on any atom is 0.0496 e. The molecule has 0 aliphatic carbocycles. The van der Waals surface area contributed by atoms with Gasteiger partial charge in [0.2, 0.25) is 0 Å². The van der Waals surface area contributed by atoms with E-state index in [1.165, 1.54) is 133 Å². The lowest BCUT2D eigenvalue weighted by molar-refractivity contribution is 1.15. The second-order valence-corrected chi connectivity index (χ2v) is 16.4. The lowest BCUT2D eigenvalue weighted by Crippen LogP contribution is -2.17. The van der Waals surface area contributed by atoms with Gasteiger partial charge in [-0.2, -0.15) is 0 Å². The zero-order valence-electron chi connectivity index (χ0n) is 35.3.